The summed E-state index contributed by atoms with van der Waals surface area (Å²) in [5, 5.41) is 8.81. The van der Waals surface area contributed by atoms with Crippen molar-refractivity contribution in [2.45, 2.75) is 69.9 Å². The van der Waals surface area contributed by atoms with Crippen LogP contribution in [0, 0.1) is 0 Å². The SMILES string of the molecule is O=C(CCNC(=O)NC1CCCCC1)NCC(c1ccco1)N1CCCCC1. The predicted molar refractivity (Wildman–Crippen MR) is 108 cm³/mol. The molecule has 1 aliphatic heterocycles. The largest absolute Gasteiger partial charge is 0.468 e. The zero-order valence-corrected chi connectivity index (χ0v) is 16.8. The second-order valence-electron chi connectivity index (χ2n) is 7.92. The molecule has 28 heavy (non-hydrogen) atoms. The summed E-state index contributed by atoms with van der Waals surface area (Å²) < 4.78 is 5.61. The molecule has 156 valence electrons. The average molecular weight is 391 g/mol. The second-order valence-corrected chi connectivity index (χ2v) is 7.92. The summed E-state index contributed by atoms with van der Waals surface area (Å²) in [6.07, 6.45) is 11.3. The highest BCUT2D eigenvalue weighted by Crippen LogP contribution is 2.24. The Hall–Kier alpha value is -2.02. The van der Waals surface area contributed by atoms with E-state index in [1.54, 1.807) is 6.26 Å². The third-order valence-corrected chi connectivity index (χ3v) is 5.77. The third kappa shape index (κ3) is 6.55. The number of nitrogens with one attached hydrogen (secondary N) is 3. The number of carbonyl (C=O) groups is 2. The van der Waals surface area contributed by atoms with Gasteiger partial charge in [0.05, 0.1) is 12.3 Å². The van der Waals surface area contributed by atoms with Crippen molar-refractivity contribution in [3.05, 3.63) is 24.2 Å². The van der Waals surface area contributed by atoms with Crippen molar-refractivity contribution in [1.29, 1.82) is 0 Å². The molecule has 3 rings (SSSR count). The number of rotatable bonds is 8. The highest BCUT2D eigenvalue weighted by Gasteiger charge is 2.24. The van der Waals surface area contributed by atoms with Gasteiger partial charge in [0.2, 0.25) is 5.91 Å². The van der Waals surface area contributed by atoms with Crippen molar-refractivity contribution < 1.29 is 14.0 Å². The van der Waals surface area contributed by atoms with Crippen LogP contribution in [0.2, 0.25) is 0 Å². The molecule has 1 aliphatic carbocycles. The molecular formula is C21H34N4O3. The Morgan fingerprint density at radius 3 is 2.54 bits per heavy atom. The average Bonchev–Trinajstić information content (AvgIpc) is 3.24. The van der Waals surface area contributed by atoms with Crippen molar-refractivity contribution in [3.63, 3.8) is 0 Å². The molecule has 7 heteroatoms. The van der Waals surface area contributed by atoms with Crippen LogP contribution in [0.5, 0.6) is 0 Å². The first-order valence-electron chi connectivity index (χ1n) is 10.8. The van der Waals surface area contributed by atoms with E-state index in [1.807, 2.05) is 12.1 Å². The number of furan rings is 1. The van der Waals surface area contributed by atoms with E-state index < -0.39 is 0 Å². The molecule has 3 amide bonds. The van der Waals surface area contributed by atoms with Gasteiger partial charge >= 0.3 is 6.03 Å². The molecule has 0 spiro atoms. The minimum absolute atomic E-state index is 0.0495. The van der Waals surface area contributed by atoms with Crippen LogP contribution in [0.4, 0.5) is 4.79 Å². The molecule has 1 saturated heterocycles. The number of carbonyl (C=O) groups excluding carboxylic acids is 2. The van der Waals surface area contributed by atoms with Crippen molar-refractivity contribution >= 4 is 11.9 Å². The molecule has 2 aliphatic rings. The lowest BCUT2D eigenvalue weighted by atomic mass is 9.96. The van der Waals surface area contributed by atoms with Gasteiger partial charge in [-0.1, -0.05) is 25.7 Å². The highest BCUT2D eigenvalue weighted by atomic mass is 16.3. The maximum absolute atomic E-state index is 12.2. The minimum atomic E-state index is -0.165. The van der Waals surface area contributed by atoms with Gasteiger partial charge in [-0.3, -0.25) is 9.69 Å². The van der Waals surface area contributed by atoms with E-state index in [9.17, 15) is 9.59 Å². The fourth-order valence-electron chi connectivity index (χ4n) is 4.19. The Balaban J connectivity index is 1.36. The van der Waals surface area contributed by atoms with E-state index in [0.29, 0.717) is 13.1 Å². The van der Waals surface area contributed by atoms with Crippen LogP contribution >= 0.6 is 0 Å². The number of nitrogens with zero attached hydrogens (tertiary/aromatic N) is 1. The molecule has 7 nitrogen and oxygen atoms in total. The molecule has 1 aromatic rings. The van der Waals surface area contributed by atoms with E-state index in [1.165, 1.54) is 38.5 Å². The van der Waals surface area contributed by atoms with Gasteiger partial charge in [0.15, 0.2) is 0 Å². The second kappa shape index (κ2) is 11.1. The van der Waals surface area contributed by atoms with Gasteiger partial charge in [-0.15, -0.1) is 0 Å². The lowest BCUT2D eigenvalue weighted by Gasteiger charge is -2.33. The number of likely N-dealkylation sites (tertiary alicyclic amines) is 1. The summed E-state index contributed by atoms with van der Waals surface area (Å²) >= 11 is 0. The van der Waals surface area contributed by atoms with Gasteiger partial charge < -0.3 is 20.4 Å². The molecule has 1 unspecified atom stereocenters. The maximum atomic E-state index is 12.2. The molecule has 1 atom stereocenters. The molecule has 1 saturated carbocycles. The normalized spacial score (nSPS) is 19.7. The quantitative estimate of drug-likeness (QED) is 0.637. The molecule has 3 N–H and O–H groups in total. The lowest BCUT2D eigenvalue weighted by molar-refractivity contribution is -0.121. The standard InChI is InChI=1S/C21H34N4O3/c26-20(11-12-22-21(27)24-17-8-3-1-4-9-17)23-16-18(19-10-7-15-28-19)25-13-5-2-6-14-25/h7,10,15,17-18H,1-6,8-9,11-14,16H2,(H,23,26)(H2,22,24,27). The van der Waals surface area contributed by atoms with Gasteiger partial charge in [-0.2, -0.15) is 0 Å². The number of piperidine rings is 1. The van der Waals surface area contributed by atoms with Crippen molar-refractivity contribution in [2.24, 2.45) is 0 Å². The van der Waals surface area contributed by atoms with Crippen LogP contribution in [-0.2, 0) is 4.79 Å². The fraction of sp³-hybridized carbons (Fsp3) is 0.714. The van der Waals surface area contributed by atoms with E-state index in [-0.39, 0.29) is 30.4 Å². The first-order valence-corrected chi connectivity index (χ1v) is 10.8. The minimum Gasteiger partial charge on any atom is -0.468 e. The molecule has 0 radical (unpaired) electrons. The number of amides is 3. The topological polar surface area (TPSA) is 86.6 Å². The number of hydrogen-bond acceptors (Lipinski definition) is 4. The molecule has 1 aromatic heterocycles. The molecule has 2 heterocycles. The Kier molecular flexibility index (Phi) is 8.21. The Bertz CT molecular complexity index is 593. The van der Waals surface area contributed by atoms with Crippen LogP contribution in [0.25, 0.3) is 0 Å². The first-order chi connectivity index (χ1) is 13.7. The fourth-order valence-corrected chi connectivity index (χ4v) is 4.19. The molecule has 0 bridgehead atoms. The first kappa shape index (κ1) is 20.7. The molecule has 0 aromatic carbocycles. The summed E-state index contributed by atoms with van der Waals surface area (Å²) in [5.41, 5.74) is 0. The summed E-state index contributed by atoms with van der Waals surface area (Å²) in [6.45, 7) is 2.94. The lowest BCUT2D eigenvalue weighted by Crippen LogP contribution is -2.44. The van der Waals surface area contributed by atoms with Gasteiger partial charge in [-0.25, -0.2) is 4.79 Å². The third-order valence-electron chi connectivity index (χ3n) is 5.77. The van der Waals surface area contributed by atoms with Crippen LogP contribution in [0.1, 0.15) is 69.6 Å². The van der Waals surface area contributed by atoms with Crippen LogP contribution in [0.15, 0.2) is 22.8 Å². The zero-order chi connectivity index (χ0) is 19.6. The van der Waals surface area contributed by atoms with E-state index >= 15 is 0 Å². The Labute approximate surface area is 167 Å². The molecule has 2 fully saturated rings. The molecular weight excluding hydrogens is 356 g/mol. The maximum Gasteiger partial charge on any atom is 0.315 e. The smallest absolute Gasteiger partial charge is 0.315 e. The van der Waals surface area contributed by atoms with Gasteiger partial charge in [0.25, 0.3) is 0 Å². The van der Waals surface area contributed by atoms with Gasteiger partial charge in [0, 0.05) is 25.6 Å². The summed E-state index contributed by atoms with van der Waals surface area (Å²) in [4.78, 5) is 26.6. The van der Waals surface area contributed by atoms with E-state index in [4.69, 9.17) is 4.42 Å². The van der Waals surface area contributed by atoms with Crippen molar-refractivity contribution in [1.82, 2.24) is 20.9 Å². The predicted octanol–water partition coefficient (Wildman–Crippen LogP) is 2.94. The van der Waals surface area contributed by atoms with E-state index in [0.717, 1.165) is 31.7 Å². The van der Waals surface area contributed by atoms with Crippen LogP contribution in [-0.4, -0.2) is 49.1 Å². The van der Waals surface area contributed by atoms with E-state index in [2.05, 4.69) is 20.9 Å². The Morgan fingerprint density at radius 2 is 1.82 bits per heavy atom. The summed E-state index contributed by atoms with van der Waals surface area (Å²) in [5.74, 6) is 0.846. The highest BCUT2D eigenvalue weighted by molar-refractivity contribution is 5.78. The van der Waals surface area contributed by atoms with Crippen LogP contribution < -0.4 is 16.0 Å². The summed E-state index contributed by atoms with van der Waals surface area (Å²) in [7, 11) is 0. The van der Waals surface area contributed by atoms with Crippen molar-refractivity contribution in [2.75, 3.05) is 26.2 Å². The van der Waals surface area contributed by atoms with Gasteiger partial charge in [0.1, 0.15) is 5.76 Å². The Morgan fingerprint density at radius 1 is 1.07 bits per heavy atom. The number of hydrogen-bond donors (Lipinski definition) is 3. The van der Waals surface area contributed by atoms with Gasteiger partial charge in [-0.05, 0) is 50.9 Å². The zero-order valence-electron chi connectivity index (χ0n) is 16.8. The monoisotopic (exact) mass is 390 g/mol. The number of urea groups is 1. The summed E-state index contributed by atoms with van der Waals surface area (Å²) in [6, 6.07) is 4.05. The van der Waals surface area contributed by atoms with Crippen molar-refractivity contribution in [3.8, 4) is 0 Å². The van der Waals surface area contributed by atoms with Crippen LogP contribution in [0.3, 0.4) is 0 Å².